The standard InChI is InChI=1S/C17H19N3/c1-20-10-11(5-6-18)7-14-13-3-2-4-15-17(13)12(9-19-15)8-16(14)20/h2-4,9,11,14,16,19H,5,7-8,10H2,1H3/t11-,14?,16-/m1/s1. The number of aromatic amines is 1. The third kappa shape index (κ3) is 1.61. The van der Waals surface area contributed by atoms with Crippen LogP contribution in [0.1, 0.15) is 29.9 Å². The van der Waals surface area contributed by atoms with E-state index in [1.165, 1.54) is 22.0 Å². The summed E-state index contributed by atoms with van der Waals surface area (Å²) in [5.41, 5.74) is 4.22. The number of likely N-dealkylation sites (tertiary alicyclic amines) is 1. The minimum atomic E-state index is 0.516. The summed E-state index contributed by atoms with van der Waals surface area (Å²) in [6.45, 7) is 1.06. The van der Waals surface area contributed by atoms with Crippen LogP contribution in [0, 0.1) is 17.2 Å². The van der Waals surface area contributed by atoms with Crippen molar-refractivity contribution >= 4 is 10.9 Å². The zero-order chi connectivity index (χ0) is 13.7. The van der Waals surface area contributed by atoms with Crippen molar-refractivity contribution in [3.8, 4) is 6.07 Å². The Morgan fingerprint density at radius 1 is 1.45 bits per heavy atom. The van der Waals surface area contributed by atoms with Gasteiger partial charge in [0.05, 0.1) is 6.07 Å². The quantitative estimate of drug-likeness (QED) is 0.861. The molecule has 3 atom stereocenters. The van der Waals surface area contributed by atoms with E-state index in [2.05, 4.69) is 47.4 Å². The van der Waals surface area contributed by atoms with Crippen LogP contribution in [0.5, 0.6) is 0 Å². The summed E-state index contributed by atoms with van der Waals surface area (Å²) in [5.74, 6) is 1.10. The molecule has 2 heterocycles. The Kier molecular flexibility index (Phi) is 2.61. The van der Waals surface area contributed by atoms with E-state index in [9.17, 15) is 0 Å². The highest BCUT2D eigenvalue weighted by molar-refractivity contribution is 5.88. The molecule has 0 radical (unpaired) electrons. The Morgan fingerprint density at radius 2 is 2.35 bits per heavy atom. The maximum atomic E-state index is 9.00. The van der Waals surface area contributed by atoms with E-state index in [0.717, 1.165) is 19.4 Å². The molecule has 1 N–H and O–H groups in total. The summed E-state index contributed by atoms with van der Waals surface area (Å²) < 4.78 is 0. The van der Waals surface area contributed by atoms with Crippen molar-refractivity contribution in [2.45, 2.75) is 31.2 Å². The van der Waals surface area contributed by atoms with Gasteiger partial charge in [0.1, 0.15) is 0 Å². The Labute approximate surface area is 119 Å². The fraction of sp³-hybridized carbons (Fsp3) is 0.471. The van der Waals surface area contributed by atoms with Crippen molar-refractivity contribution in [2.75, 3.05) is 13.6 Å². The van der Waals surface area contributed by atoms with Crippen molar-refractivity contribution in [3.63, 3.8) is 0 Å². The smallest absolute Gasteiger partial charge is 0.0625 e. The SMILES string of the molecule is CN1C[C@H](CC#N)CC2c3cccc4[nH]cc(c34)C[C@H]21. The molecule has 1 aromatic heterocycles. The number of aromatic nitrogens is 1. The Hall–Kier alpha value is -1.79. The van der Waals surface area contributed by atoms with Crippen molar-refractivity contribution in [1.29, 1.82) is 5.26 Å². The van der Waals surface area contributed by atoms with Crippen LogP contribution >= 0.6 is 0 Å². The second kappa shape index (κ2) is 4.36. The van der Waals surface area contributed by atoms with Crippen LogP contribution in [0.2, 0.25) is 0 Å². The van der Waals surface area contributed by atoms with Crippen molar-refractivity contribution < 1.29 is 0 Å². The number of hydrogen-bond acceptors (Lipinski definition) is 2. The van der Waals surface area contributed by atoms with Crippen LogP contribution in [-0.4, -0.2) is 29.5 Å². The number of fused-ring (bicyclic) bond motifs is 2. The van der Waals surface area contributed by atoms with Crippen molar-refractivity contribution in [3.05, 3.63) is 35.5 Å². The van der Waals surface area contributed by atoms with Crippen molar-refractivity contribution in [2.24, 2.45) is 5.92 Å². The molecule has 102 valence electrons. The van der Waals surface area contributed by atoms with Crippen LogP contribution in [0.4, 0.5) is 0 Å². The molecule has 20 heavy (non-hydrogen) atoms. The van der Waals surface area contributed by atoms with E-state index in [0.29, 0.717) is 24.3 Å². The molecule has 2 aliphatic rings. The van der Waals surface area contributed by atoms with Gasteiger partial charge in [0.15, 0.2) is 0 Å². The fourth-order valence-corrected chi connectivity index (χ4v) is 4.33. The summed E-state index contributed by atoms with van der Waals surface area (Å²) in [6, 6.07) is 9.58. The molecule has 4 rings (SSSR count). The summed E-state index contributed by atoms with van der Waals surface area (Å²) in [7, 11) is 2.22. The number of rotatable bonds is 1. The molecule has 1 fully saturated rings. The minimum Gasteiger partial charge on any atom is -0.361 e. The average molecular weight is 265 g/mol. The van der Waals surface area contributed by atoms with Crippen LogP contribution < -0.4 is 0 Å². The number of hydrogen-bond donors (Lipinski definition) is 1. The highest BCUT2D eigenvalue weighted by Crippen LogP contribution is 2.44. The lowest BCUT2D eigenvalue weighted by Gasteiger charge is -2.45. The molecule has 2 aromatic rings. The normalized spacial score (nSPS) is 29.1. The molecule has 0 bridgehead atoms. The predicted octanol–water partition coefficient (Wildman–Crippen LogP) is 3.04. The van der Waals surface area contributed by atoms with Gasteiger partial charge >= 0.3 is 0 Å². The molecule has 1 aliphatic carbocycles. The van der Waals surface area contributed by atoms with Crippen LogP contribution in [0.25, 0.3) is 10.9 Å². The number of nitrogens with zero attached hydrogens (tertiary/aromatic N) is 2. The lowest BCUT2D eigenvalue weighted by Crippen LogP contribution is -2.47. The van der Waals surface area contributed by atoms with E-state index < -0.39 is 0 Å². The van der Waals surface area contributed by atoms with E-state index in [1.807, 2.05) is 0 Å². The molecule has 1 saturated heterocycles. The predicted molar refractivity (Wildman–Crippen MR) is 79.5 cm³/mol. The van der Waals surface area contributed by atoms with E-state index in [4.69, 9.17) is 5.26 Å². The first-order chi connectivity index (χ1) is 9.78. The maximum Gasteiger partial charge on any atom is 0.0625 e. The second-order valence-corrected chi connectivity index (χ2v) is 6.37. The second-order valence-electron chi connectivity index (χ2n) is 6.37. The van der Waals surface area contributed by atoms with Gasteiger partial charge in [-0.25, -0.2) is 0 Å². The van der Waals surface area contributed by atoms with E-state index in [1.54, 1.807) is 0 Å². The number of piperidine rings is 1. The van der Waals surface area contributed by atoms with Gasteiger partial charge in [0, 0.05) is 42.0 Å². The molecule has 0 saturated carbocycles. The zero-order valence-corrected chi connectivity index (χ0v) is 11.8. The third-order valence-electron chi connectivity index (χ3n) is 5.19. The van der Waals surface area contributed by atoms with Crippen LogP contribution in [0.15, 0.2) is 24.4 Å². The van der Waals surface area contributed by atoms with Gasteiger partial charge in [-0.2, -0.15) is 5.26 Å². The highest BCUT2D eigenvalue weighted by atomic mass is 15.1. The number of benzene rings is 1. The Bertz CT molecular complexity index is 694. The molecule has 1 unspecified atom stereocenters. The van der Waals surface area contributed by atoms with Gasteiger partial charge in [-0.15, -0.1) is 0 Å². The number of H-pyrrole nitrogens is 1. The lowest BCUT2D eigenvalue weighted by molar-refractivity contribution is 0.113. The number of nitrogens with one attached hydrogen (secondary N) is 1. The molecule has 0 spiro atoms. The Balaban J connectivity index is 1.81. The first kappa shape index (κ1) is 12.0. The van der Waals surface area contributed by atoms with Gasteiger partial charge in [-0.3, -0.25) is 0 Å². The molecule has 0 amide bonds. The van der Waals surface area contributed by atoms with Gasteiger partial charge in [0.2, 0.25) is 0 Å². The van der Waals surface area contributed by atoms with E-state index in [-0.39, 0.29) is 0 Å². The van der Waals surface area contributed by atoms with Crippen molar-refractivity contribution in [1.82, 2.24) is 9.88 Å². The lowest BCUT2D eigenvalue weighted by atomic mass is 9.72. The first-order valence-electron chi connectivity index (χ1n) is 7.44. The third-order valence-corrected chi connectivity index (χ3v) is 5.19. The summed E-state index contributed by atoms with van der Waals surface area (Å²) in [6.07, 6.45) is 5.16. The summed E-state index contributed by atoms with van der Waals surface area (Å²) in [4.78, 5) is 5.89. The maximum absolute atomic E-state index is 9.00. The molecular weight excluding hydrogens is 246 g/mol. The molecule has 3 nitrogen and oxygen atoms in total. The van der Waals surface area contributed by atoms with Crippen LogP contribution in [0.3, 0.4) is 0 Å². The zero-order valence-electron chi connectivity index (χ0n) is 11.8. The fourth-order valence-electron chi connectivity index (χ4n) is 4.33. The summed E-state index contributed by atoms with van der Waals surface area (Å²) in [5, 5.41) is 10.4. The minimum absolute atomic E-state index is 0.516. The largest absolute Gasteiger partial charge is 0.361 e. The van der Waals surface area contributed by atoms with Crippen LogP contribution in [-0.2, 0) is 6.42 Å². The topological polar surface area (TPSA) is 42.8 Å². The first-order valence-corrected chi connectivity index (χ1v) is 7.44. The number of nitriles is 1. The van der Waals surface area contributed by atoms with Gasteiger partial charge in [-0.05, 0) is 43.0 Å². The highest BCUT2D eigenvalue weighted by Gasteiger charge is 2.39. The van der Waals surface area contributed by atoms with E-state index >= 15 is 0 Å². The monoisotopic (exact) mass is 265 g/mol. The molecule has 3 heteroatoms. The Morgan fingerprint density at radius 3 is 3.20 bits per heavy atom. The molecule has 1 aliphatic heterocycles. The van der Waals surface area contributed by atoms with Gasteiger partial charge in [-0.1, -0.05) is 12.1 Å². The summed E-state index contributed by atoms with van der Waals surface area (Å²) >= 11 is 0. The average Bonchev–Trinajstić information content (AvgIpc) is 2.86. The van der Waals surface area contributed by atoms with Gasteiger partial charge in [0.25, 0.3) is 0 Å². The number of likely N-dealkylation sites (N-methyl/N-ethyl adjacent to an activating group) is 1. The molecule has 1 aromatic carbocycles. The van der Waals surface area contributed by atoms with Gasteiger partial charge < -0.3 is 9.88 Å². The molecular formula is C17H19N3.